The van der Waals surface area contributed by atoms with Crippen LogP contribution in [-0.4, -0.2) is 6.71 Å². The van der Waals surface area contributed by atoms with E-state index in [0.717, 1.165) is 42.0 Å². The summed E-state index contributed by atoms with van der Waals surface area (Å²) in [5, 5.41) is 1.52. The summed E-state index contributed by atoms with van der Waals surface area (Å²) in [5.74, 6) is 0. The summed E-state index contributed by atoms with van der Waals surface area (Å²) in [6, 6.07) is 93.9. The number of para-hydroxylation sites is 2. The SMILES string of the molecule is CC(C)(C)c1ccc(N2c3ccc(N(c4ccccc4)c4ccccc4)cc3B3c4sc5ccc(C(C)(C)C)cc5c4N(c4ccc(C(C)(C)C)cc4)c4cc(S(c5ccccc5)(c5ccccc5)C5CCCc6ccccc65)cc2c43)cc1. The van der Waals surface area contributed by atoms with E-state index in [1.807, 2.05) is 11.3 Å². The second-order valence-corrected chi connectivity index (χ2v) is 30.9. The molecule has 0 amide bonds. The summed E-state index contributed by atoms with van der Waals surface area (Å²) < 4.78 is 2.68. The minimum Gasteiger partial charge on any atom is -0.311 e. The van der Waals surface area contributed by atoms with Crippen LogP contribution in [0.2, 0.25) is 0 Å². The van der Waals surface area contributed by atoms with E-state index in [0.29, 0.717) is 0 Å². The maximum Gasteiger partial charge on any atom is 0.264 e. The van der Waals surface area contributed by atoms with Crippen LogP contribution in [0.4, 0.5) is 51.2 Å². The molecule has 1 atom stereocenters. The molecular weight excluding hydrogens is 1050 g/mol. The lowest BCUT2D eigenvalue weighted by Gasteiger charge is -2.51. The molecule has 0 radical (unpaired) electrons. The Morgan fingerprint density at radius 3 is 1.51 bits per heavy atom. The van der Waals surface area contributed by atoms with Gasteiger partial charge in [0.05, 0.1) is 5.69 Å². The quantitative estimate of drug-likeness (QED) is 0.133. The molecule has 0 bridgehead atoms. The Hall–Kier alpha value is -8.03. The van der Waals surface area contributed by atoms with Gasteiger partial charge in [0.25, 0.3) is 6.71 Å². The Balaban J connectivity index is 1.16. The third-order valence-electron chi connectivity index (χ3n) is 18.1. The van der Waals surface area contributed by atoms with Crippen molar-refractivity contribution < 1.29 is 0 Å². The monoisotopic (exact) mass is 1130 g/mol. The molecule has 1 aromatic heterocycles. The summed E-state index contributed by atoms with van der Waals surface area (Å²) in [6.07, 6.45) is 3.31. The molecule has 1 unspecified atom stereocenters. The lowest BCUT2D eigenvalue weighted by Crippen LogP contribution is -2.60. The maximum atomic E-state index is 2.72. The minimum atomic E-state index is -2.12. The number of hydrogen-bond acceptors (Lipinski definition) is 4. The molecule has 3 aliphatic rings. The second-order valence-electron chi connectivity index (χ2n) is 26.5. The van der Waals surface area contributed by atoms with Gasteiger partial charge in [0, 0.05) is 70.5 Å². The van der Waals surface area contributed by atoms with Crippen LogP contribution < -0.4 is 30.4 Å². The molecule has 1 aliphatic carbocycles. The molecule has 416 valence electrons. The van der Waals surface area contributed by atoms with Gasteiger partial charge in [-0.2, -0.15) is 10.0 Å². The predicted octanol–water partition coefficient (Wildman–Crippen LogP) is 20.7. The van der Waals surface area contributed by atoms with E-state index in [-0.39, 0.29) is 28.2 Å². The first kappa shape index (κ1) is 53.9. The number of anilines is 9. The van der Waals surface area contributed by atoms with E-state index in [1.54, 1.807) is 0 Å². The molecule has 0 fully saturated rings. The zero-order chi connectivity index (χ0) is 57.7. The zero-order valence-electron chi connectivity index (χ0n) is 50.0. The molecule has 6 heteroatoms. The highest BCUT2D eigenvalue weighted by molar-refractivity contribution is 8.34. The first-order chi connectivity index (χ1) is 40.6. The van der Waals surface area contributed by atoms with Crippen LogP contribution in [0.1, 0.15) is 108 Å². The number of hydrogen-bond donors (Lipinski definition) is 0. The van der Waals surface area contributed by atoms with Crippen molar-refractivity contribution in [1.29, 1.82) is 0 Å². The van der Waals surface area contributed by atoms with Crippen LogP contribution in [0, 0.1) is 0 Å². The van der Waals surface area contributed by atoms with E-state index >= 15 is 0 Å². The third-order valence-corrected chi connectivity index (χ3v) is 23.7. The third kappa shape index (κ3) is 9.02. The fourth-order valence-corrected chi connectivity index (χ4v) is 19.9. The number of aryl methyl sites for hydroxylation is 1. The molecule has 14 rings (SSSR count). The number of thiophene rings is 1. The second kappa shape index (κ2) is 20.6. The first-order valence-electron chi connectivity index (χ1n) is 30.2. The van der Waals surface area contributed by atoms with Gasteiger partial charge in [0.15, 0.2) is 0 Å². The Morgan fingerprint density at radius 2 is 0.952 bits per heavy atom. The van der Waals surface area contributed by atoms with Crippen molar-refractivity contribution in [3.05, 3.63) is 270 Å². The van der Waals surface area contributed by atoms with Gasteiger partial charge in [-0.3, -0.25) is 0 Å². The van der Waals surface area contributed by atoms with Gasteiger partial charge in [-0.1, -0.05) is 190 Å². The van der Waals surface area contributed by atoms with Gasteiger partial charge in [-0.25, -0.2) is 0 Å². The van der Waals surface area contributed by atoms with Crippen LogP contribution in [0.15, 0.2) is 257 Å². The van der Waals surface area contributed by atoms with Crippen molar-refractivity contribution in [1.82, 2.24) is 0 Å². The van der Waals surface area contributed by atoms with Gasteiger partial charge in [0.2, 0.25) is 0 Å². The standard InChI is InChI=1S/C78H74BN3S2/c1-76(2,3)54-37-42-59(43-38-54)81-68-47-46-61(80(57-27-14-10-15-28-57)58-29-16-11-17-30-58)50-67(68)79-73-69(81)51-64(84(62-31-18-12-19-32-62,63-33-20-13-21-34-63)72-36-24-26-53-25-22-23-35-65(53)72)52-70(73)82(60-44-39-55(40-45-60)77(4,5)6)74-66-49-56(78(7,8)9)41-48-71(66)83-75(74)79/h10-23,25,27-35,37-52,72H,24,26,36H2,1-9H3. The predicted molar refractivity (Wildman–Crippen MR) is 364 cm³/mol. The summed E-state index contributed by atoms with van der Waals surface area (Å²) >= 11 is 1.99. The lowest BCUT2D eigenvalue weighted by molar-refractivity contribution is 0.590. The zero-order valence-corrected chi connectivity index (χ0v) is 51.7. The number of nitrogens with zero attached hydrogens (tertiary/aromatic N) is 3. The van der Waals surface area contributed by atoms with Crippen molar-refractivity contribution in [2.75, 3.05) is 14.7 Å². The highest BCUT2D eigenvalue weighted by Crippen LogP contribution is 2.78. The van der Waals surface area contributed by atoms with Crippen LogP contribution in [0.5, 0.6) is 0 Å². The fourth-order valence-electron chi connectivity index (χ4n) is 13.9. The van der Waals surface area contributed by atoms with Crippen molar-refractivity contribution >= 4 is 105 Å². The average molecular weight is 1130 g/mol. The normalized spacial score (nSPS) is 15.1. The van der Waals surface area contributed by atoms with E-state index < -0.39 is 10.0 Å². The van der Waals surface area contributed by atoms with Crippen LogP contribution in [0.25, 0.3) is 10.1 Å². The van der Waals surface area contributed by atoms with Crippen molar-refractivity contribution in [2.24, 2.45) is 0 Å². The molecule has 3 heterocycles. The van der Waals surface area contributed by atoms with E-state index in [1.165, 1.54) is 96.7 Å². The van der Waals surface area contributed by atoms with Gasteiger partial charge in [-0.15, -0.1) is 11.3 Å². The summed E-state index contributed by atoms with van der Waals surface area (Å²) in [5.41, 5.74) is 20.1. The Morgan fingerprint density at radius 1 is 0.452 bits per heavy atom. The molecule has 11 aromatic rings. The van der Waals surface area contributed by atoms with Crippen LogP contribution in [-0.2, 0) is 22.7 Å². The first-order valence-corrected chi connectivity index (χ1v) is 32.7. The minimum absolute atomic E-state index is 0.0189. The van der Waals surface area contributed by atoms with Crippen molar-refractivity contribution in [2.45, 2.75) is 118 Å². The number of rotatable bonds is 9. The number of fused-ring (bicyclic) bond motifs is 7. The van der Waals surface area contributed by atoms with Gasteiger partial charge in [0.1, 0.15) is 0 Å². The van der Waals surface area contributed by atoms with E-state index in [4.69, 9.17) is 0 Å². The van der Waals surface area contributed by atoms with Crippen LogP contribution in [0.3, 0.4) is 0 Å². The largest absolute Gasteiger partial charge is 0.311 e. The maximum absolute atomic E-state index is 2.72. The van der Waals surface area contributed by atoms with E-state index in [2.05, 4.69) is 320 Å². The molecule has 0 saturated carbocycles. The highest BCUT2D eigenvalue weighted by Gasteiger charge is 2.49. The van der Waals surface area contributed by atoms with Gasteiger partial charge in [-0.05, 0) is 199 Å². The lowest BCUT2D eigenvalue weighted by atomic mass is 9.36. The van der Waals surface area contributed by atoms with E-state index in [9.17, 15) is 0 Å². The van der Waals surface area contributed by atoms with Crippen LogP contribution >= 0.6 is 21.4 Å². The summed E-state index contributed by atoms with van der Waals surface area (Å²) in [4.78, 5) is 12.0. The van der Waals surface area contributed by atoms with Gasteiger partial charge < -0.3 is 14.7 Å². The Kier molecular flexibility index (Phi) is 13.3. The molecular formula is C78H74BN3S2. The molecule has 0 N–H and O–H groups in total. The Labute approximate surface area is 504 Å². The summed E-state index contributed by atoms with van der Waals surface area (Å²) in [7, 11) is -2.12. The topological polar surface area (TPSA) is 9.72 Å². The van der Waals surface area contributed by atoms with Crippen molar-refractivity contribution in [3.63, 3.8) is 0 Å². The summed E-state index contributed by atoms with van der Waals surface area (Å²) in [6.45, 7) is 20.9. The molecule has 3 nitrogen and oxygen atoms in total. The van der Waals surface area contributed by atoms with Gasteiger partial charge >= 0.3 is 0 Å². The Bertz CT molecular complexity index is 4150. The molecule has 0 spiro atoms. The molecule has 10 aromatic carbocycles. The average Bonchev–Trinajstić information content (AvgIpc) is 1.15. The molecule has 84 heavy (non-hydrogen) atoms. The number of benzene rings is 10. The fraction of sp³-hybridized carbons (Fsp3) is 0.205. The molecule has 0 saturated heterocycles. The molecule has 2 aliphatic heterocycles. The smallest absolute Gasteiger partial charge is 0.264 e. The highest BCUT2D eigenvalue weighted by atomic mass is 32.3. The van der Waals surface area contributed by atoms with Crippen molar-refractivity contribution in [3.8, 4) is 0 Å².